The molecule has 28 heavy (non-hydrogen) atoms. The first-order chi connectivity index (χ1) is 13.5. The summed E-state index contributed by atoms with van der Waals surface area (Å²) in [6.07, 6.45) is 3.73. The third-order valence-electron chi connectivity index (χ3n) is 3.60. The molecule has 148 valence electrons. The Bertz CT molecular complexity index is 930. The summed E-state index contributed by atoms with van der Waals surface area (Å²) < 4.78 is 13.9. The van der Waals surface area contributed by atoms with Crippen molar-refractivity contribution in [3.05, 3.63) is 75.3 Å². The Labute approximate surface area is 173 Å². The molecular weight excluding hydrogens is 397 g/mol. The monoisotopic (exact) mass is 419 g/mol. The summed E-state index contributed by atoms with van der Waals surface area (Å²) in [6.45, 7) is 6.69. The number of aliphatic imine (C=N–C) groups is 1. The number of halogens is 2. The Morgan fingerprint density at radius 2 is 2.04 bits per heavy atom. The predicted octanol–water partition coefficient (Wildman–Crippen LogP) is 5.16. The number of rotatable bonds is 2. The smallest absolute Gasteiger partial charge is 0.162 e. The largest absolute Gasteiger partial charge is 0.341 e. The van der Waals surface area contributed by atoms with E-state index < -0.39 is 0 Å². The van der Waals surface area contributed by atoms with Gasteiger partial charge in [0.25, 0.3) is 0 Å². The van der Waals surface area contributed by atoms with Crippen molar-refractivity contribution in [1.82, 2.24) is 20.1 Å². The molecule has 0 saturated heterocycles. The Balaban J connectivity index is 0.000000236. The summed E-state index contributed by atoms with van der Waals surface area (Å²) in [5.41, 5.74) is 3.20. The first kappa shape index (κ1) is 21.8. The van der Waals surface area contributed by atoms with Gasteiger partial charge in [-0.05, 0) is 31.2 Å². The molecule has 0 amide bonds. The molecule has 0 spiro atoms. The normalized spacial score (nSPS) is 12.9. The van der Waals surface area contributed by atoms with Gasteiger partial charge in [0.05, 0.1) is 12.2 Å². The second-order valence-electron chi connectivity index (χ2n) is 5.55. The van der Waals surface area contributed by atoms with E-state index in [0.29, 0.717) is 11.6 Å². The van der Waals surface area contributed by atoms with Gasteiger partial charge in [0.15, 0.2) is 10.8 Å². The standard InChI is InChI=1S/C12H13N5S.C6H4ClF.C2H6/c1-8-9(10-3-5-17(2)16-10)7-14-11(15-8)12-13-4-6-18-12;7-5-2-1-3-6(8)4-5;1-2/h3-6H,7H2,1-2H3,(H,14,15);1-4H;1-2H3. The summed E-state index contributed by atoms with van der Waals surface area (Å²) in [4.78, 5) is 8.79. The molecular formula is C20H23ClFN5S. The lowest BCUT2D eigenvalue weighted by atomic mass is 10.1. The van der Waals surface area contributed by atoms with E-state index in [4.69, 9.17) is 11.6 Å². The van der Waals surface area contributed by atoms with Crippen LogP contribution in [0.5, 0.6) is 0 Å². The van der Waals surface area contributed by atoms with Crippen molar-refractivity contribution in [3.63, 3.8) is 0 Å². The summed E-state index contributed by atoms with van der Waals surface area (Å²) in [5.74, 6) is 0.555. The van der Waals surface area contributed by atoms with Gasteiger partial charge in [-0.3, -0.25) is 9.67 Å². The molecule has 0 radical (unpaired) electrons. The average Bonchev–Trinajstić information content (AvgIpc) is 3.35. The fraction of sp³-hybridized carbons (Fsp3) is 0.250. The first-order valence-electron chi connectivity index (χ1n) is 8.85. The molecule has 3 heterocycles. The molecule has 8 heteroatoms. The Kier molecular flexibility index (Phi) is 8.35. The van der Waals surface area contributed by atoms with Crippen molar-refractivity contribution in [2.24, 2.45) is 12.0 Å². The quantitative estimate of drug-likeness (QED) is 0.623. The third-order valence-corrected chi connectivity index (χ3v) is 4.61. The fourth-order valence-electron chi connectivity index (χ4n) is 2.34. The fourth-order valence-corrected chi connectivity index (χ4v) is 3.12. The highest BCUT2D eigenvalue weighted by Crippen LogP contribution is 2.20. The lowest BCUT2D eigenvalue weighted by Gasteiger charge is -2.17. The van der Waals surface area contributed by atoms with E-state index in [1.54, 1.807) is 34.3 Å². The van der Waals surface area contributed by atoms with Crippen LogP contribution in [0.1, 0.15) is 31.5 Å². The maximum absolute atomic E-state index is 12.1. The van der Waals surface area contributed by atoms with Gasteiger partial charge in [0, 0.05) is 41.1 Å². The molecule has 1 aliphatic rings. The zero-order chi connectivity index (χ0) is 20.5. The minimum Gasteiger partial charge on any atom is -0.341 e. The van der Waals surface area contributed by atoms with Gasteiger partial charge < -0.3 is 5.32 Å². The molecule has 0 bridgehead atoms. The van der Waals surface area contributed by atoms with E-state index in [1.807, 2.05) is 45.5 Å². The number of benzene rings is 1. The number of nitrogens with one attached hydrogen (secondary N) is 1. The van der Waals surface area contributed by atoms with Gasteiger partial charge in [-0.15, -0.1) is 11.3 Å². The first-order valence-corrected chi connectivity index (χ1v) is 10.1. The molecule has 0 aliphatic carbocycles. The van der Waals surface area contributed by atoms with Crippen LogP contribution < -0.4 is 5.32 Å². The molecule has 4 rings (SSSR count). The van der Waals surface area contributed by atoms with Crippen molar-refractivity contribution in [3.8, 4) is 0 Å². The van der Waals surface area contributed by atoms with Gasteiger partial charge in [0.1, 0.15) is 5.82 Å². The molecule has 5 nitrogen and oxygen atoms in total. The summed E-state index contributed by atoms with van der Waals surface area (Å²) >= 11 is 6.99. The molecule has 3 aromatic rings. The van der Waals surface area contributed by atoms with Gasteiger partial charge >= 0.3 is 0 Å². The second-order valence-corrected chi connectivity index (χ2v) is 6.88. The lowest BCUT2D eigenvalue weighted by molar-refractivity contribution is 0.628. The van der Waals surface area contributed by atoms with E-state index in [9.17, 15) is 4.39 Å². The van der Waals surface area contributed by atoms with Crippen LogP contribution in [0.4, 0.5) is 4.39 Å². The number of hydrogen-bond donors (Lipinski definition) is 1. The SMILES string of the molecule is CC.CC1=C(c2ccn(C)n2)CN=C(c2nccs2)N1.Fc1cccc(Cl)c1. The van der Waals surface area contributed by atoms with Crippen molar-refractivity contribution in [2.45, 2.75) is 20.8 Å². The molecule has 0 atom stereocenters. The average molecular weight is 420 g/mol. The highest BCUT2D eigenvalue weighted by Gasteiger charge is 2.17. The summed E-state index contributed by atoms with van der Waals surface area (Å²) in [6, 6.07) is 7.82. The molecule has 0 fully saturated rings. The summed E-state index contributed by atoms with van der Waals surface area (Å²) in [5, 5.41) is 11.0. The van der Waals surface area contributed by atoms with Crippen LogP contribution in [0.3, 0.4) is 0 Å². The van der Waals surface area contributed by atoms with Gasteiger partial charge in [-0.1, -0.05) is 31.5 Å². The van der Waals surface area contributed by atoms with E-state index in [0.717, 1.165) is 27.8 Å². The van der Waals surface area contributed by atoms with Crippen LogP contribution in [0.2, 0.25) is 5.02 Å². The number of aryl methyl sites for hydroxylation is 1. The van der Waals surface area contributed by atoms with Crippen LogP contribution in [-0.2, 0) is 7.05 Å². The Morgan fingerprint density at radius 1 is 1.25 bits per heavy atom. The topological polar surface area (TPSA) is 55.1 Å². The molecule has 1 aromatic carbocycles. The van der Waals surface area contributed by atoms with Crippen molar-refractivity contribution in [2.75, 3.05) is 6.54 Å². The highest BCUT2D eigenvalue weighted by atomic mass is 35.5. The zero-order valence-corrected chi connectivity index (χ0v) is 17.9. The molecule has 0 unspecified atom stereocenters. The van der Waals surface area contributed by atoms with E-state index in [2.05, 4.69) is 20.4 Å². The molecule has 0 saturated carbocycles. The Morgan fingerprint density at radius 3 is 2.54 bits per heavy atom. The van der Waals surface area contributed by atoms with Crippen LogP contribution >= 0.6 is 22.9 Å². The Hall–Kier alpha value is -2.51. The van der Waals surface area contributed by atoms with Crippen LogP contribution in [0.15, 0.2) is 58.8 Å². The van der Waals surface area contributed by atoms with Crippen LogP contribution in [0, 0.1) is 5.82 Å². The van der Waals surface area contributed by atoms with Crippen LogP contribution in [0.25, 0.3) is 5.57 Å². The number of amidine groups is 1. The van der Waals surface area contributed by atoms with Gasteiger partial charge in [-0.25, -0.2) is 9.37 Å². The molecule has 2 aromatic heterocycles. The number of allylic oxidation sites excluding steroid dienone is 1. The van der Waals surface area contributed by atoms with Crippen molar-refractivity contribution in [1.29, 1.82) is 0 Å². The number of nitrogens with zero attached hydrogens (tertiary/aromatic N) is 4. The number of thiazole rings is 1. The predicted molar refractivity (Wildman–Crippen MR) is 115 cm³/mol. The lowest BCUT2D eigenvalue weighted by Crippen LogP contribution is -2.28. The zero-order valence-electron chi connectivity index (χ0n) is 16.3. The highest BCUT2D eigenvalue weighted by molar-refractivity contribution is 7.11. The van der Waals surface area contributed by atoms with Gasteiger partial charge in [0.2, 0.25) is 0 Å². The van der Waals surface area contributed by atoms with Crippen molar-refractivity contribution >= 4 is 34.3 Å². The van der Waals surface area contributed by atoms with Crippen molar-refractivity contribution < 1.29 is 4.39 Å². The second kappa shape index (κ2) is 10.7. The molecule has 1 aliphatic heterocycles. The molecule has 1 N–H and O–H groups in total. The summed E-state index contributed by atoms with van der Waals surface area (Å²) in [7, 11) is 1.92. The van der Waals surface area contributed by atoms with Gasteiger partial charge in [-0.2, -0.15) is 5.10 Å². The van der Waals surface area contributed by atoms with E-state index in [1.165, 1.54) is 12.1 Å². The van der Waals surface area contributed by atoms with Crippen LogP contribution in [-0.4, -0.2) is 27.1 Å². The van der Waals surface area contributed by atoms with E-state index in [-0.39, 0.29) is 5.82 Å². The number of hydrogen-bond acceptors (Lipinski definition) is 5. The van der Waals surface area contributed by atoms with E-state index >= 15 is 0 Å². The minimum atomic E-state index is -0.294. The maximum atomic E-state index is 12.1. The maximum Gasteiger partial charge on any atom is 0.162 e. The minimum absolute atomic E-state index is 0.294. The third kappa shape index (κ3) is 6.00. The number of aromatic nitrogens is 3.